The monoisotopic (exact) mass is 578 g/mol. The molecule has 41 heavy (non-hydrogen) atoms. The summed E-state index contributed by atoms with van der Waals surface area (Å²) in [6, 6.07) is 8.43. The summed E-state index contributed by atoms with van der Waals surface area (Å²) in [7, 11) is 0. The van der Waals surface area contributed by atoms with E-state index in [0.717, 1.165) is 6.26 Å². The molecule has 222 valence electrons. The van der Waals surface area contributed by atoms with E-state index in [1.54, 1.807) is 0 Å². The first kappa shape index (κ1) is 29.3. The van der Waals surface area contributed by atoms with Crippen molar-refractivity contribution in [2.24, 2.45) is 0 Å². The molecule has 3 aromatic rings. The summed E-state index contributed by atoms with van der Waals surface area (Å²) in [5.74, 6) is -0.231. The van der Waals surface area contributed by atoms with Crippen LogP contribution in [0, 0.1) is 0 Å². The van der Waals surface area contributed by atoms with Crippen LogP contribution in [0.5, 0.6) is 11.5 Å². The SMILES string of the molecule is O=c1c(-c2ccc(OC3OC(CO)C(O)C(O)C3O)cc2)coc2c(C3OC(CO)C(O)C(O)C3O)c(O)ccc12. The Hall–Kier alpha value is -3.15. The standard InChI is InChI=1S/C27H30O14/c28-7-15-19(32)21(34)23(36)26(40-15)17-14(30)6-5-12-18(31)13(9-38-25(12)17)10-1-3-11(4-2-10)39-27-24(37)22(35)20(33)16(8-29)41-27/h1-6,9,15-16,19-24,26-30,32-37H,7-8H2. The zero-order valence-electron chi connectivity index (χ0n) is 21.3. The molecule has 14 nitrogen and oxygen atoms in total. The van der Waals surface area contributed by atoms with Crippen molar-refractivity contribution in [1.29, 1.82) is 0 Å². The van der Waals surface area contributed by atoms with Gasteiger partial charge in [0, 0.05) is 0 Å². The Morgan fingerprint density at radius 3 is 1.98 bits per heavy atom. The molecule has 0 bridgehead atoms. The molecule has 2 aliphatic rings. The largest absolute Gasteiger partial charge is 0.507 e. The number of aromatic hydroxyl groups is 1. The van der Waals surface area contributed by atoms with Crippen LogP contribution in [0.25, 0.3) is 22.1 Å². The Morgan fingerprint density at radius 1 is 0.732 bits per heavy atom. The maximum atomic E-state index is 13.4. The molecular formula is C27H30O14. The van der Waals surface area contributed by atoms with E-state index in [1.165, 1.54) is 36.4 Å². The van der Waals surface area contributed by atoms with E-state index in [9.17, 15) is 50.8 Å². The Bertz CT molecular complexity index is 1420. The Labute approximate surface area is 231 Å². The Morgan fingerprint density at radius 2 is 1.34 bits per heavy atom. The molecule has 3 heterocycles. The van der Waals surface area contributed by atoms with Crippen molar-refractivity contribution >= 4 is 11.0 Å². The third-order valence-electron chi connectivity index (χ3n) is 7.40. The fourth-order valence-electron chi connectivity index (χ4n) is 5.04. The second-order valence-electron chi connectivity index (χ2n) is 9.94. The van der Waals surface area contributed by atoms with Crippen LogP contribution in [0.4, 0.5) is 0 Å². The number of phenols is 1. The summed E-state index contributed by atoms with van der Waals surface area (Å²) >= 11 is 0. The first-order valence-corrected chi connectivity index (χ1v) is 12.7. The molecule has 2 aliphatic heterocycles. The Balaban J connectivity index is 1.43. The lowest BCUT2D eigenvalue weighted by Gasteiger charge is -2.40. The maximum absolute atomic E-state index is 13.4. The lowest BCUT2D eigenvalue weighted by atomic mass is 9.89. The highest BCUT2D eigenvalue weighted by molar-refractivity contribution is 5.86. The summed E-state index contributed by atoms with van der Waals surface area (Å²) in [6.07, 6.45) is -13.9. The van der Waals surface area contributed by atoms with Crippen molar-refractivity contribution in [2.75, 3.05) is 13.2 Å². The van der Waals surface area contributed by atoms with Crippen molar-refractivity contribution in [1.82, 2.24) is 0 Å². The summed E-state index contributed by atoms with van der Waals surface area (Å²) in [5, 5.41) is 90.3. The van der Waals surface area contributed by atoms with Gasteiger partial charge in [-0.15, -0.1) is 0 Å². The molecule has 10 atom stereocenters. The number of phenolic OH excluding ortho intramolecular Hbond substituents is 1. The molecule has 2 saturated heterocycles. The van der Waals surface area contributed by atoms with Crippen molar-refractivity contribution < 1.29 is 64.6 Å². The van der Waals surface area contributed by atoms with Crippen LogP contribution in [0.2, 0.25) is 0 Å². The highest BCUT2D eigenvalue weighted by Crippen LogP contribution is 2.40. The van der Waals surface area contributed by atoms with E-state index >= 15 is 0 Å². The minimum absolute atomic E-state index is 0.00825. The number of aliphatic hydroxyl groups is 8. The van der Waals surface area contributed by atoms with Crippen molar-refractivity contribution in [2.45, 2.75) is 61.2 Å². The smallest absolute Gasteiger partial charge is 0.229 e. The number of rotatable bonds is 6. The molecule has 5 rings (SSSR count). The van der Waals surface area contributed by atoms with E-state index in [1.807, 2.05) is 0 Å². The first-order chi connectivity index (χ1) is 19.6. The molecular weight excluding hydrogens is 548 g/mol. The number of hydrogen-bond acceptors (Lipinski definition) is 14. The molecule has 0 radical (unpaired) electrons. The predicted octanol–water partition coefficient (Wildman–Crippen LogP) is -2.14. The molecule has 0 saturated carbocycles. The van der Waals surface area contributed by atoms with Crippen LogP contribution in [0.1, 0.15) is 11.7 Å². The number of fused-ring (bicyclic) bond motifs is 1. The van der Waals surface area contributed by atoms with Gasteiger partial charge >= 0.3 is 0 Å². The van der Waals surface area contributed by atoms with E-state index < -0.39 is 85.6 Å². The van der Waals surface area contributed by atoms with Gasteiger partial charge in [-0.25, -0.2) is 0 Å². The van der Waals surface area contributed by atoms with Crippen molar-refractivity contribution in [3.05, 3.63) is 58.4 Å². The van der Waals surface area contributed by atoms with Gasteiger partial charge in [-0.3, -0.25) is 4.79 Å². The number of hydrogen-bond donors (Lipinski definition) is 9. The molecule has 9 N–H and O–H groups in total. The molecule has 10 unspecified atom stereocenters. The van der Waals surface area contributed by atoms with Gasteiger partial charge in [0.1, 0.15) is 78.3 Å². The van der Waals surface area contributed by atoms with Crippen LogP contribution >= 0.6 is 0 Å². The van der Waals surface area contributed by atoms with E-state index in [0.29, 0.717) is 5.56 Å². The molecule has 0 amide bonds. The third kappa shape index (κ3) is 5.19. The van der Waals surface area contributed by atoms with Crippen molar-refractivity contribution in [3.63, 3.8) is 0 Å². The second-order valence-corrected chi connectivity index (χ2v) is 9.94. The first-order valence-electron chi connectivity index (χ1n) is 12.7. The average Bonchev–Trinajstić information content (AvgIpc) is 2.97. The minimum Gasteiger partial charge on any atom is -0.507 e. The van der Waals surface area contributed by atoms with Gasteiger partial charge in [0.25, 0.3) is 0 Å². The highest BCUT2D eigenvalue weighted by Gasteiger charge is 2.46. The molecule has 1 aromatic heterocycles. The quantitative estimate of drug-likeness (QED) is 0.152. The summed E-state index contributed by atoms with van der Waals surface area (Å²) in [4.78, 5) is 13.4. The van der Waals surface area contributed by atoms with Crippen molar-refractivity contribution in [3.8, 4) is 22.6 Å². The fraction of sp³-hybridized carbons (Fsp3) is 0.444. The normalized spacial score (nSPS) is 34.0. The van der Waals surface area contributed by atoms with Crippen LogP contribution < -0.4 is 10.2 Å². The van der Waals surface area contributed by atoms with Crippen LogP contribution in [0.3, 0.4) is 0 Å². The zero-order valence-corrected chi connectivity index (χ0v) is 21.3. The molecule has 14 heteroatoms. The van der Waals surface area contributed by atoms with Gasteiger partial charge in [-0.1, -0.05) is 12.1 Å². The summed E-state index contributed by atoms with van der Waals surface area (Å²) in [6.45, 7) is -1.30. The molecule has 0 spiro atoms. The number of benzene rings is 2. The minimum atomic E-state index is -1.72. The van der Waals surface area contributed by atoms with Gasteiger partial charge in [-0.2, -0.15) is 0 Å². The van der Waals surface area contributed by atoms with Crippen LogP contribution in [0.15, 0.2) is 51.9 Å². The summed E-state index contributed by atoms with van der Waals surface area (Å²) < 4.78 is 22.2. The number of ether oxygens (including phenoxy) is 3. The molecule has 2 fully saturated rings. The third-order valence-corrected chi connectivity index (χ3v) is 7.40. The summed E-state index contributed by atoms with van der Waals surface area (Å²) in [5.41, 5.74) is -0.289. The maximum Gasteiger partial charge on any atom is 0.229 e. The van der Waals surface area contributed by atoms with Crippen LogP contribution in [-0.4, -0.2) is 114 Å². The lowest BCUT2D eigenvalue weighted by Crippen LogP contribution is -2.60. The second kappa shape index (κ2) is 11.6. The van der Waals surface area contributed by atoms with Crippen LogP contribution in [-0.2, 0) is 9.47 Å². The highest BCUT2D eigenvalue weighted by atomic mass is 16.7. The van der Waals surface area contributed by atoms with Gasteiger partial charge in [0.05, 0.1) is 29.7 Å². The van der Waals surface area contributed by atoms with E-state index in [-0.39, 0.29) is 27.8 Å². The topological polar surface area (TPSA) is 240 Å². The van der Waals surface area contributed by atoms with Gasteiger partial charge in [-0.05, 0) is 29.8 Å². The van der Waals surface area contributed by atoms with E-state index in [2.05, 4.69) is 0 Å². The predicted molar refractivity (Wildman–Crippen MR) is 137 cm³/mol. The lowest BCUT2D eigenvalue weighted by molar-refractivity contribution is -0.277. The zero-order chi connectivity index (χ0) is 29.6. The van der Waals surface area contributed by atoms with Gasteiger partial charge in [0.15, 0.2) is 0 Å². The Kier molecular flexibility index (Phi) is 8.31. The number of aliphatic hydroxyl groups excluding tert-OH is 8. The fourth-order valence-corrected chi connectivity index (χ4v) is 5.04. The molecule has 0 aliphatic carbocycles. The van der Waals surface area contributed by atoms with Gasteiger partial charge in [0.2, 0.25) is 11.7 Å². The van der Waals surface area contributed by atoms with Gasteiger partial charge < -0.3 is 64.6 Å². The average molecular weight is 579 g/mol. The van der Waals surface area contributed by atoms with E-state index in [4.69, 9.17) is 18.6 Å². The molecule has 2 aromatic carbocycles.